The molecule has 0 spiro atoms. The highest BCUT2D eigenvalue weighted by atomic mass is 16.5. The van der Waals surface area contributed by atoms with Crippen molar-refractivity contribution in [3.05, 3.63) is 11.4 Å². The third-order valence-electron chi connectivity index (χ3n) is 4.30. The third-order valence-corrected chi connectivity index (χ3v) is 4.30. The van der Waals surface area contributed by atoms with Gasteiger partial charge in [0.25, 0.3) is 0 Å². The van der Waals surface area contributed by atoms with Gasteiger partial charge in [0.05, 0.1) is 6.61 Å². The zero-order valence-electron chi connectivity index (χ0n) is 13.4. The molecule has 21 heavy (non-hydrogen) atoms. The molecule has 0 unspecified atom stereocenters. The summed E-state index contributed by atoms with van der Waals surface area (Å²) in [5.41, 5.74) is 1.12. The van der Waals surface area contributed by atoms with Gasteiger partial charge in [-0.25, -0.2) is 9.97 Å². The number of anilines is 2. The molecule has 0 amide bonds. The molecule has 1 heterocycles. The summed E-state index contributed by atoms with van der Waals surface area (Å²) in [7, 11) is 4.01. The number of likely N-dealkylation sites (N-methyl/N-ethyl adjacent to an activating group) is 1. The average molecular weight is 290 g/mol. The molecule has 0 bridgehead atoms. The van der Waals surface area contributed by atoms with Crippen molar-refractivity contribution in [1.29, 1.82) is 0 Å². The second kappa shape index (κ2) is 6.18. The van der Waals surface area contributed by atoms with E-state index in [0.29, 0.717) is 5.92 Å². The second-order valence-electron chi connectivity index (χ2n) is 6.34. The van der Waals surface area contributed by atoms with Gasteiger partial charge in [0.1, 0.15) is 17.5 Å². The number of ether oxygens (including phenoxy) is 1. The molecule has 0 atom stereocenters. The van der Waals surface area contributed by atoms with Crippen molar-refractivity contribution in [2.75, 3.05) is 44.1 Å². The lowest BCUT2D eigenvalue weighted by Crippen LogP contribution is -2.25. The summed E-state index contributed by atoms with van der Waals surface area (Å²) in [5, 5.41) is 3.20. The maximum absolute atomic E-state index is 5.74. The lowest BCUT2D eigenvalue weighted by Gasteiger charge is -2.22. The van der Waals surface area contributed by atoms with Gasteiger partial charge in [-0.15, -0.1) is 0 Å². The first-order chi connectivity index (χ1) is 10.2. The molecule has 0 aliphatic heterocycles. The van der Waals surface area contributed by atoms with Crippen LogP contribution in [0.15, 0.2) is 0 Å². The van der Waals surface area contributed by atoms with Gasteiger partial charge in [0.2, 0.25) is 0 Å². The Bertz CT molecular complexity index is 497. The molecule has 1 N–H and O–H groups in total. The van der Waals surface area contributed by atoms with Crippen LogP contribution in [0.5, 0.6) is 0 Å². The van der Waals surface area contributed by atoms with E-state index in [9.17, 15) is 0 Å². The predicted molar refractivity (Wildman–Crippen MR) is 85.1 cm³/mol. The molecule has 5 heteroatoms. The van der Waals surface area contributed by atoms with E-state index in [-0.39, 0.29) is 0 Å². The van der Waals surface area contributed by atoms with Crippen molar-refractivity contribution in [3.8, 4) is 0 Å². The summed E-state index contributed by atoms with van der Waals surface area (Å²) >= 11 is 0. The zero-order valence-corrected chi connectivity index (χ0v) is 13.4. The minimum atomic E-state index is 0.566. The Morgan fingerprint density at radius 2 is 2.00 bits per heavy atom. The summed E-state index contributed by atoms with van der Waals surface area (Å²) in [5.74, 6) is 4.37. The van der Waals surface area contributed by atoms with Gasteiger partial charge in [-0.1, -0.05) is 0 Å². The van der Waals surface area contributed by atoms with E-state index in [1.807, 2.05) is 7.05 Å². The Labute approximate surface area is 127 Å². The number of rotatable bonds is 8. The molecule has 5 nitrogen and oxygen atoms in total. The topological polar surface area (TPSA) is 50.3 Å². The second-order valence-corrected chi connectivity index (χ2v) is 6.34. The number of hydrogen-bond donors (Lipinski definition) is 1. The van der Waals surface area contributed by atoms with Crippen molar-refractivity contribution in [2.45, 2.75) is 38.5 Å². The number of hydrogen-bond acceptors (Lipinski definition) is 5. The molecule has 2 saturated carbocycles. The Kier molecular flexibility index (Phi) is 4.29. The smallest absolute Gasteiger partial charge is 0.137 e. The van der Waals surface area contributed by atoms with Crippen LogP contribution < -0.4 is 10.2 Å². The fourth-order valence-electron chi connectivity index (χ4n) is 2.50. The first-order valence-electron chi connectivity index (χ1n) is 8.04. The number of nitrogens with zero attached hydrogens (tertiary/aromatic N) is 3. The molecule has 1 aromatic rings. The molecule has 2 fully saturated rings. The maximum atomic E-state index is 5.74. The minimum absolute atomic E-state index is 0.566. The highest BCUT2D eigenvalue weighted by Gasteiger charge is 2.28. The summed E-state index contributed by atoms with van der Waals surface area (Å²) in [4.78, 5) is 11.6. The summed E-state index contributed by atoms with van der Waals surface area (Å²) in [6, 6.07) is 0. The standard InChI is InChI=1S/C16H26N4O/c1-11-14(17-2)18-15(13-6-7-13)19-16(11)20(3)8-9-21-10-12-4-5-12/h12-13H,4-10H2,1-3H3,(H,17,18,19). The van der Waals surface area contributed by atoms with Crippen molar-refractivity contribution in [2.24, 2.45) is 5.92 Å². The molecule has 2 aliphatic carbocycles. The Balaban J connectivity index is 1.64. The van der Waals surface area contributed by atoms with Crippen LogP contribution in [-0.4, -0.2) is 43.8 Å². The van der Waals surface area contributed by atoms with E-state index >= 15 is 0 Å². The van der Waals surface area contributed by atoms with Gasteiger partial charge >= 0.3 is 0 Å². The van der Waals surface area contributed by atoms with Crippen LogP contribution >= 0.6 is 0 Å². The van der Waals surface area contributed by atoms with E-state index in [2.05, 4.69) is 29.2 Å². The largest absolute Gasteiger partial charge is 0.379 e. The van der Waals surface area contributed by atoms with E-state index in [1.165, 1.54) is 25.7 Å². The molecular formula is C16H26N4O. The van der Waals surface area contributed by atoms with Gasteiger partial charge in [0, 0.05) is 38.7 Å². The van der Waals surface area contributed by atoms with Gasteiger partial charge < -0.3 is 15.0 Å². The fourth-order valence-corrected chi connectivity index (χ4v) is 2.50. The maximum Gasteiger partial charge on any atom is 0.137 e. The molecule has 0 aromatic carbocycles. The van der Waals surface area contributed by atoms with Gasteiger partial charge in [0.15, 0.2) is 0 Å². The predicted octanol–water partition coefficient (Wildman–Crippen LogP) is 2.57. The Morgan fingerprint density at radius 3 is 2.62 bits per heavy atom. The lowest BCUT2D eigenvalue weighted by molar-refractivity contribution is 0.130. The first-order valence-corrected chi connectivity index (χ1v) is 8.04. The average Bonchev–Trinajstić information content (AvgIpc) is 3.37. The van der Waals surface area contributed by atoms with Crippen LogP contribution in [0.1, 0.15) is 43.0 Å². The molecule has 0 radical (unpaired) electrons. The van der Waals surface area contributed by atoms with Gasteiger partial charge in [-0.2, -0.15) is 0 Å². The van der Waals surface area contributed by atoms with Crippen LogP contribution in [0, 0.1) is 12.8 Å². The fraction of sp³-hybridized carbons (Fsp3) is 0.750. The lowest BCUT2D eigenvalue weighted by atomic mass is 10.2. The van der Waals surface area contributed by atoms with Crippen molar-refractivity contribution in [3.63, 3.8) is 0 Å². The van der Waals surface area contributed by atoms with Crippen molar-refractivity contribution in [1.82, 2.24) is 9.97 Å². The van der Waals surface area contributed by atoms with Crippen molar-refractivity contribution >= 4 is 11.6 Å². The zero-order chi connectivity index (χ0) is 14.8. The van der Waals surface area contributed by atoms with E-state index in [1.54, 1.807) is 0 Å². The number of nitrogens with one attached hydrogen (secondary N) is 1. The third kappa shape index (κ3) is 3.64. The quantitative estimate of drug-likeness (QED) is 0.746. The first kappa shape index (κ1) is 14.6. The molecule has 0 saturated heterocycles. The molecule has 116 valence electrons. The molecular weight excluding hydrogens is 264 g/mol. The van der Waals surface area contributed by atoms with Crippen LogP contribution in [0.2, 0.25) is 0 Å². The van der Waals surface area contributed by atoms with Crippen LogP contribution in [0.25, 0.3) is 0 Å². The monoisotopic (exact) mass is 290 g/mol. The summed E-state index contributed by atoms with van der Waals surface area (Å²) in [6.45, 7) is 4.65. The summed E-state index contributed by atoms with van der Waals surface area (Å²) < 4.78 is 5.74. The molecule has 2 aliphatic rings. The van der Waals surface area contributed by atoms with E-state index in [4.69, 9.17) is 9.72 Å². The highest BCUT2D eigenvalue weighted by Crippen LogP contribution is 2.39. The van der Waals surface area contributed by atoms with E-state index in [0.717, 1.165) is 48.7 Å². The van der Waals surface area contributed by atoms with Crippen LogP contribution in [-0.2, 0) is 4.74 Å². The van der Waals surface area contributed by atoms with Crippen molar-refractivity contribution < 1.29 is 4.74 Å². The minimum Gasteiger partial charge on any atom is -0.379 e. The molecule has 1 aromatic heterocycles. The molecule has 3 rings (SSSR count). The van der Waals surface area contributed by atoms with Crippen LogP contribution in [0.4, 0.5) is 11.6 Å². The summed E-state index contributed by atoms with van der Waals surface area (Å²) in [6.07, 6.45) is 5.13. The van der Waals surface area contributed by atoms with Gasteiger partial charge in [-0.05, 0) is 38.5 Å². The van der Waals surface area contributed by atoms with Crippen LogP contribution in [0.3, 0.4) is 0 Å². The number of aromatic nitrogens is 2. The normalized spacial score (nSPS) is 17.9. The van der Waals surface area contributed by atoms with Gasteiger partial charge in [-0.3, -0.25) is 0 Å². The Hall–Kier alpha value is -1.36. The highest BCUT2D eigenvalue weighted by molar-refractivity contribution is 5.58. The van der Waals surface area contributed by atoms with E-state index < -0.39 is 0 Å². The SMILES string of the molecule is CNc1nc(C2CC2)nc(N(C)CCOCC2CC2)c1C. The Morgan fingerprint density at radius 1 is 1.24 bits per heavy atom.